The van der Waals surface area contributed by atoms with Gasteiger partial charge in [0.1, 0.15) is 0 Å². The van der Waals surface area contributed by atoms with Crippen molar-refractivity contribution in [3.63, 3.8) is 0 Å². The Labute approximate surface area is 205 Å². The summed E-state index contributed by atoms with van der Waals surface area (Å²) in [6, 6.07) is 0. The van der Waals surface area contributed by atoms with Gasteiger partial charge in [0.05, 0.1) is 31.7 Å². The van der Waals surface area contributed by atoms with Crippen LogP contribution < -0.4 is 0 Å². The Kier molecular flexibility index (Phi) is 10.1. The van der Waals surface area contributed by atoms with Gasteiger partial charge in [-0.3, -0.25) is 0 Å². The highest BCUT2D eigenvalue weighted by Crippen LogP contribution is 2.49. The summed E-state index contributed by atoms with van der Waals surface area (Å²) in [4.78, 5) is 0. The van der Waals surface area contributed by atoms with E-state index in [0.29, 0.717) is 0 Å². The largest absolute Gasteiger partial charge is 0.738 e. The quantitative estimate of drug-likeness (QED) is 0.377. The molecule has 0 amide bonds. The van der Waals surface area contributed by atoms with Crippen LogP contribution in [-0.2, 0) is 21.8 Å². The Balaban J connectivity index is 6.63. The normalized spacial score (nSPS) is 15.2. The number of hydrogen-bond donors (Lipinski definition) is 0. The lowest BCUT2D eigenvalue weighted by Crippen LogP contribution is -2.64. The Morgan fingerprint density at radius 1 is 0.562 bits per heavy atom. The van der Waals surface area contributed by atoms with Crippen LogP contribution in [0.1, 0.15) is 118 Å². The van der Waals surface area contributed by atoms with Crippen LogP contribution in [0.3, 0.4) is 0 Å². The second-order valence-electron chi connectivity index (χ2n) is 14.5. The van der Waals surface area contributed by atoms with Crippen LogP contribution in [0.5, 0.6) is 0 Å². The van der Waals surface area contributed by atoms with E-state index < -0.39 is 34.2 Å². The lowest BCUT2D eigenvalue weighted by atomic mass is 9.60. The van der Waals surface area contributed by atoms with Gasteiger partial charge in [0.2, 0.25) is 0 Å². The standard InChI is InChI=1S/C24H54O5Si3/c1-19(2,3)18(20(4,5)6)24(16,17)28-32(26-22(10,11)12,27-23(13,14)15)29-31(30)25-21(7,8)9/h18H,30H2,1-17H3. The minimum Gasteiger partial charge on any atom is -0.523 e. The van der Waals surface area contributed by atoms with Gasteiger partial charge in [0.25, 0.3) is 0 Å². The zero-order valence-corrected chi connectivity index (χ0v) is 27.7. The summed E-state index contributed by atoms with van der Waals surface area (Å²) < 4.78 is 33.1. The molecule has 0 aliphatic carbocycles. The predicted octanol–water partition coefficient (Wildman–Crippen LogP) is 6.01. The zero-order chi connectivity index (χ0) is 26.2. The third kappa shape index (κ3) is 12.0. The lowest BCUT2D eigenvalue weighted by Gasteiger charge is -2.52. The van der Waals surface area contributed by atoms with Crippen molar-refractivity contribution in [3.05, 3.63) is 0 Å². The summed E-state index contributed by atoms with van der Waals surface area (Å²) in [7, 11) is -3.62. The summed E-state index contributed by atoms with van der Waals surface area (Å²) in [5.74, 6) is 0.198. The van der Waals surface area contributed by atoms with Crippen molar-refractivity contribution in [1.82, 2.24) is 0 Å². The fourth-order valence-electron chi connectivity index (χ4n) is 5.14. The molecule has 0 radical (unpaired) electrons. The lowest BCUT2D eigenvalue weighted by molar-refractivity contribution is -0.160. The highest BCUT2D eigenvalue weighted by molar-refractivity contribution is 6.75. The van der Waals surface area contributed by atoms with Gasteiger partial charge >= 0.3 is 17.4 Å². The van der Waals surface area contributed by atoms with E-state index in [2.05, 4.69) is 55.4 Å². The Bertz CT molecular complexity index is 596. The second-order valence-corrected chi connectivity index (χ2v) is 19.6. The highest BCUT2D eigenvalue weighted by atomic mass is 28.9. The zero-order valence-electron chi connectivity index (χ0n) is 24.3. The molecule has 5 nitrogen and oxygen atoms in total. The van der Waals surface area contributed by atoms with Gasteiger partial charge in [-0.1, -0.05) is 41.5 Å². The van der Waals surface area contributed by atoms with Crippen LogP contribution in [-0.4, -0.2) is 49.2 Å². The van der Waals surface area contributed by atoms with Crippen molar-refractivity contribution in [3.8, 4) is 0 Å². The van der Waals surface area contributed by atoms with E-state index in [1.54, 1.807) is 9.34 Å². The van der Waals surface area contributed by atoms with E-state index in [1.165, 1.54) is 0 Å². The summed E-state index contributed by atoms with van der Waals surface area (Å²) in [6.07, 6.45) is 0. The molecule has 0 aromatic carbocycles. The molecule has 0 bridgehead atoms. The molecule has 0 N–H and O–H groups in total. The molecule has 0 unspecified atom stereocenters. The fraction of sp³-hybridized carbons (Fsp3) is 1.00. The second kappa shape index (κ2) is 10.0. The van der Waals surface area contributed by atoms with E-state index in [4.69, 9.17) is 21.8 Å². The third-order valence-corrected chi connectivity index (χ3v) is 11.3. The molecule has 0 aromatic heterocycles. The molecule has 0 saturated heterocycles. The molecular weight excluding hydrogens is 453 g/mol. The molecule has 0 fully saturated rings. The van der Waals surface area contributed by atoms with Gasteiger partial charge in [-0.15, -0.1) is 0 Å². The molecule has 0 saturated carbocycles. The maximum absolute atomic E-state index is 7.00. The van der Waals surface area contributed by atoms with Crippen LogP contribution >= 0.6 is 0 Å². The minimum atomic E-state index is -3.66. The van der Waals surface area contributed by atoms with E-state index in [0.717, 1.165) is 0 Å². The molecule has 0 aliphatic rings. The molecule has 0 aromatic rings. The fourth-order valence-corrected chi connectivity index (χ4v) is 12.9. The molecule has 0 spiro atoms. The summed E-state index contributed by atoms with van der Waals surface area (Å²) >= 11 is 0. The SMILES string of the molecule is CC(C)(C)O[Si](=[SiH2])O[Si](OC(C)(C)C)(OC(C)(C)C)OC(C)(C)C(C(C)(C)C)C(C)(C)C. The van der Waals surface area contributed by atoms with Gasteiger partial charge in [-0.05, 0) is 92.9 Å². The first-order chi connectivity index (χ1) is 13.6. The molecular formula is C24H54O5Si3. The average Bonchev–Trinajstić information content (AvgIpc) is 2.22. The van der Waals surface area contributed by atoms with Crippen LogP contribution in [0.25, 0.3) is 0 Å². The summed E-state index contributed by atoms with van der Waals surface area (Å²) in [6.45, 7) is 36.1. The monoisotopic (exact) mass is 506 g/mol. The Hall–Kier alpha value is 0.131. The molecule has 8 heteroatoms. The van der Waals surface area contributed by atoms with Crippen LogP contribution in [0.15, 0.2) is 0 Å². The van der Waals surface area contributed by atoms with Crippen molar-refractivity contribution >= 4 is 26.8 Å². The van der Waals surface area contributed by atoms with E-state index >= 15 is 0 Å². The molecule has 192 valence electrons. The topological polar surface area (TPSA) is 46.2 Å². The van der Waals surface area contributed by atoms with Gasteiger partial charge in [-0.25, -0.2) is 0 Å². The molecule has 0 aliphatic heterocycles. The van der Waals surface area contributed by atoms with E-state index in [-0.39, 0.29) is 22.3 Å². The average molecular weight is 507 g/mol. The molecule has 0 atom stereocenters. The Morgan fingerprint density at radius 2 is 0.906 bits per heavy atom. The van der Waals surface area contributed by atoms with Gasteiger partial charge in [-0.2, -0.15) is 0 Å². The van der Waals surface area contributed by atoms with Crippen LogP contribution in [0.4, 0.5) is 0 Å². The minimum absolute atomic E-state index is 0.00495. The predicted molar refractivity (Wildman–Crippen MR) is 141 cm³/mol. The van der Waals surface area contributed by atoms with Crippen molar-refractivity contribution in [1.29, 1.82) is 0 Å². The first kappa shape index (κ1) is 32.1. The molecule has 32 heavy (non-hydrogen) atoms. The van der Waals surface area contributed by atoms with Crippen molar-refractivity contribution in [2.45, 2.75) is 140 Å². The van der Waals surface area contributed by atoms with E-state index in [9.17, 15) is 0 Å². The van der Waals surface area contributed by atoms with Crippen LogP contribution in [0.2, 0.25) is 0 Å². The van der Waals surface area contributed by atoms with Gasteiger partial charge in [0.15, 0.2) is 0 Å². The van der Waals surface area contributed by atoms with E-state index in [1.807, 2.05) is 62.3 Å². The Morgan fingerprint density at radius 3 is 1.16 bits per heavy atom. The highest BCUT2D eigenvalue weighted by Gasteiger charge is 2.60. The van der Waals surface area contributed by atoms with Crippen molar-refractivity contribution in [2.24, 2.45) is 16.7 Å². The van der Waals surface area contributed by atoms with Crippen LogP contribution in [0, 0.1) is 16.7 Å². The first-order valence-corrected chi connectivity index (χ1v) is 17.0. The van der Waals surface area contributed by atoms with Crippen molar-refractivity contribution < 1.29 is 21.8 Å². The van der Waals surface area contributed by atoms with Crippen molar-refractivity contribution in [2.75, 3.05) is 0 Å². The third-order valence-electron chi connectivity index (χ3n) is 4.34. The summed E-state index contributed by atoms with van der Waals surface area (Å²) in [5.41, 5.74) is -1.94. The molecule has 0 heterocycles. The maximum Gasteiger partial charge on any atom is 0.738 e. The maximum atomic E-state index is 7.00. The number of rotatable bonds is 8. The first-order valence-electron chi connectivity index (χ1n) is 11.8. The van der Waals surface area contributed by atoms with Gasteiger partial charge in [0, 0.05) is 0 Å². The smallest absolute Gasteiger partial charge is 0.523 e. The van der Waals surface area contributed by atoms with Gasteiger partial charge < -0.3 is 21.8 Å². The summed E-state index contributed by atoms with van der Waals surface area (Å²) in [5, 5.41) is 0. The molecule has 0 rings (SSSR count). The number of hydrogen-bond acceptors (Lipinski definition) is 5.